The van der Waals surface area contributed by atoms with Crippen LogP contribution in [-0.2, 0) is 14.8 Å². The molecule has 0 unspecified atom stereocenters. The number of nitrogens with one attached hydrogen (secondary N) is 1. The Morgan fingerprint density at radius 2 is 1.78 bits per heavy atom. The summed E-state index contributed by atoms with van der Waals surface area (Å²) in [5.74, 6) is -1.58. The molecule has 0 aliphatic rings. The van der Waals surface area contributed by atoms with Crippen molar-refractivity contribution in [1.82, 2.24) is 4.72 Å². The Labute approximate surface area is 107 Å². The van der Waals surface area contributed by atoms with E-state index in [1.165, 1.54) is 19.1 Å². The van der Waals surface area contributed by atoms with Gasteiger partial charge in [-0.1, -0.05) is 32.0 Å². The molecule has 2 N–H and O–H groups in total. The van der Waals surface area contributed by atoms with E-state index < -0.39 is 21.5 Å². The Kier molecular flexibility index (Phi) is 4.13. The van der Waals surface area contributed by atoms with Crippen molar-refractivity contribution in [2.45, 2.75) is 31.2 Å². The summed E-state index contributed by atoms with van der Waals surface area (Å²) in [7, 11) is -3.84. The van der Waals surface area contributed by atoms with Gasteiger partial charge in [0.1, 0.15) is 5.54 Å². The molecule has 0 saturated heterocycles. The molecule has 1 atom stereocenters. The van der Waals surface area contributed by atoms with Crippen LogP contribution in [0.2, 0.25) is 0 Å². The van der Waals surface area contributed by atoms with Crippen molar-refractivity contribution in [3.05, 3.63) is 30.3 Å². The van der Waals surface area contributed by atoms with Gasteiger partial charge in [0.2, 0.25) is 10.0 Å². The lowest BCUT2D eigenvalue weighted by Gasteiger charge is -2.29. The van der Waals surface area contributed by atoms with Crippen molar-refractivity contribution in [3.63, 3.8) is 0 Å². The third kappa shape index (κ3) is 2.88. The van der Waals surface area contributed by atoms with Crippen LogP contribution in [0.15, 0.2) is 35.2 Å². The van der Waals surface area contributed by atoms with E-state index in [9.17, 15) is 18.3 Å². The third-order valence-electron chi connectivity index (χ3n) is 3.00. The highest BCUT2D eigenvalue weighted by atomic mass is 32.2. The highest BCUT2D eigenvalue weighted by molar-refractivity contribution is 7.89. The molecule has 0 heterocycles. The van der Waals surface area contributed by atoms with Gasteiger partial charge in [-0.15, -0.1) is 0 Å². The van der Waals surface area contributed by atoms with Gasteiger partial charge in [-0.2, -0.15) is 4.72 Å². The van der Waals surface area contributed by atoms with Gasteiger partial charge in [0.05, 0.1) is 4.90 Å². The summed E-state index contributed by atoms with van der Waals surface area (Å²) in [6.07, 6.45) is 0. The van der Waals surface area contributed by atoms with Gasteiger partial charge in [-0.3, -0.25) is 4.79 Å². The minimum absolute atomic E-state index is 0.0538. The van der Waals surface area contributed by atoms with Crippen molar-refractivity contribution in [1.29, 1.82) is 0 Å². The van der Waals surface area contributed by atoms with Gasteiger partial charge in [0.25, 0.3) is 0 Å². The number of carboxylic acids is 1. The first-order valence-electron chi connectivity index (χ1n) is 5.52. The standard InChI is InChI=1S/C12H17NO4S/c1-9(2)12(3,11(14)15)13-18(16,17)10-7-5-4-6-8-10/h4-9,13H,1-3H3,(H,14,15)/t12-/m0/s1. The summed E-state index contributed by atoms with van der Waals surface area (Å²) >= 11 is 0. The summed E-state index contributed by atoms with van der Waals surface area (Å²) in [6, 6.07) is 7.71. The van der Waals surface area contributed by atoms with Gasteiger partial charge in [-0.05, 0) is 25.0 Å². The molecule has 0 radical (unpaired) electrons. The molecule has 0 spiro atoms. The zero-order valence-electron chi connectivity index (χ0n) is 10.5. The van der Waals surface area contributed by atoms with Gasteiger partial charge in [0.15, 0.2) is 0 Å². The van der Waals surface area contributed by atoms with E-state index in [-0.39, 0.29) is 10.8 Å². The SMILES string of the molecule is CC(C)[C@](C)(NS(=O)(=O)c1ccccc1)C(=O)O. The number of carbonyl (C=O) groups is 1. The largest absolute Gasteiger partial charge is 0.480 e. The highest BCUT2D eigenvalue weighted by Gasteiger charge is 2.40. The second kappa shape index (κ2) is 5.07. The van der Waals surface area contributed by atoms with Gasteiger partial charge in [0, 0.05) is 0 Å². The topological polar surface area (TPSA) is 83.5 Å². The van der Waals surface area contributed by atoms with Crippen LogP contribution in [0.4, 0.5) is 0 Å². The number of aliphatic carboxylic acids is 1. The molecule has 100 valence electrons. The van der Waals surface area contributed by atoms with Crippen LogP contribution in [0.3, 0.4) is 0 Å². The molecule has 5 nitrogen and oxygen atoms in total. The Bertz CT molecular complexity index is 524. The average Bonchev–Trinajstić information content (AvgIpc) is 2.29. The minimum atomic E-state index is -3.84. The van der Waals surface area contributed by atoms with Crippen molar-refractivity contribution in [2.75, 3.05) is 0 Å². The molecule has 1 aromatic carbocycles. The number of sulfonamides is 1. The van der Waals surface area contributed by atoms with Crippen LogP contribution in [0.25, 0.3) is 0 Å². The second-order valence-corrected chi connectivity index (χ2v) is 6.26. The van der Waals surface area contributed by atoms with Crippen LogP contribution in [0, 0.1) is 5.92 Å². The number of benzene rings is 1. The van der Waals surface area contributed by atoms with Crippen LogP contribution in [-0.4, -0.2) is 25.0 Å². The molecule has 0 aliphatic carbocycles. The van der Waals surface area contributed by atoms with E-state index in [2.05, 4.69) is 4.72 Å². The fourth-order valence-corrected chi connectivity index (χ4v) is 2.86. The van der Waals surface area contributed by atoms with E-state index in [0.29, 0.717) is 0 Å². The summed E-state index contributed by atoms with van der Waals surface area (Å²) in [6.45, 7) is 4.67. The Balaban J connectivity index is 3.13. The number of hydrogen-bond donors (Lipinski definition) is 2. The Morgan fingerprint density at radius 1 is 1.28 bits per heavy atom. The minimum Gasteiger partial charge on any atom is -0.480 e. The maximum atomic E-state index is 12.1. The van der Waals surface area contributed by atoms with Gasteiger partial charge in [-0.25, -0.2) is 8.42 Å². The number of rotatable bonds is 5. The third-order valence-corrected chi connectivity index (χ3v) is 4.58. The first-order chi connectivity index (χ1) is 8.20. The molecular formula is C12H17NO4S. The number of hydrogen-bond acceptors (Lipinski definition) is 3. The molecule has 0 saturated carbocycles. The molecule has 0 bridgehead atoms. The van der Waals surface area contributed by atoms with Gasteiger partial charge >= 0.3 is 5.97 Å². The molecular weight excluding hydrogens is 254 g/mol. The first kappa shape index (κ1) is 14.7. The predicted octanol–water partition coefficient (Wildman–Crippen LogP) is 1.46. The Hall–Kier alpha value is -1.40. The van der Waals surface area contributed by atoms with Crippen LogP contribution >= 0.6 is 0 Å². The summed E-state index contributed by atoms with van der Waals surface area (Å²) in [4.78, 5) is 11.3. The zero-order valence-corrected chi connectivity index (χ0v) is 11.4. The Morgan fingerprint density at radius 3 is 2.17 bits per heavy atom. The molecule has 0 aliphatic heterocycles. The summed E-state index contributed by atoms with van der Waals surface area (Å²) in [5.41, 5.74) is -1.53. The molecule has 0 aromatic heterocycles. The van der Waals surface area contributed by atoms with Gasteiger partial charge < -0.3 is 5.11 Å². The lowest BCUT2D eigenvalue weighted by Crippen LogP contribution is -2.55. The second-order valence-electron chi connectivity index (χ2n) is 4.58. The van der Waals surface area contributed by atoms with Crippen LogP contribution in [0.5, 0.6) is 0 Å². The molecule has 1 aromatic rings. The van der Waals surface area contributed by atoms with Crippen molar-refractivity contribution in [3.8, 4) is 0 Å². The van der Waals surface area contributed by atoms with Crippen molar-refractivity contribution < 1.29 is 18.3 Å². The monoisotopic (exact) mass is 271 g/mol. The lowest BCUT2D eigenvalue weighted by atomic mass is 9.90. The summed E-state index contributed by atoms with van der Waals surface area (Å²) in [5, 5.41) is 9.19. The van der Waals surface area contributed by atoms with Crippen molar-refractivity contribution >= 4 is 16.0 Å². The first-order valence-corrected chi connectivity index (χ1v) is 7.01. The fourth-order valence-electron chi connectivity index (χ4n) is 1.35. The predicted molar refractivity (Wildman–Crippen MR) is 67.6 cm³/mol. The number of carboxylic acid groups (broad SMARTS) is 1. The maximum absolute atomic E-state index is 12.1. The molecule has 6 heteroatoms. The van der Waals surface area contributed by atoms with Crippen LogP contribution in [0.1, 0.15) is 20.8 Å². The van der Waals surface area contributed by atoms with E-state index in [4.69, 9.17) is 0 Å². The zero-order chi connectivity index (χ0) is 14.0. The average molecular weight is 271 g/mol. The molecule has 18 heavy (non-hydrogen) atoms. The quantitative estimate of drug-likeness (QED) is 0.849. The van der Waals surface area contributed by atoms with E-state index in [1.807, 2.05) is 0 Å². The summed E-state index contributed by atoms with van der Waals surface area (Å²) < 4.78 is 26.4. The highest BCUT2D eigenvalue weighted by Crippen LogP contribution is 2.20. The fraction of sp³-hybridized carbons (Fsp3) is 0.417. The molecule has 0 amide bonds. The van der Waals surface area contributed by atoms with E-state index in [0.717, 1.165) is 0 Å². The van der Waals surface area contributed by atoms with Crippen molar-refractivity contribution in [2.24, 2.45) is 5.92 Å². The lowest BCUT2D eigenvalue weighted by molar-refractivity contribution is -0.145. The smallest absolute Gasteiger partial charge is 0.324 e. The van der Waals surface area contributed by atoms with E-state index >= 15 is 0 Å². The molecule has 0 fully saturated rings. The molecule has 1 rings (SSSR count). The van der Waals surface area contributed by atoms with E-state index in [1.54, 1.807) is 32.0 Å². The van der Waals surface area contributed by atoms with Crippen LogP contribution < -0.4 is 4.72 Å². The maximum Gasteiger partial charge on any atom is 0.324 e. The normalized spacial score (nSPS) is 15.3.